The molecule has 0 aliphatic carbocycles. The first-order valence-corrected chi connectivity index (χ1v) is 7.23. The van der Waals surface area contributed by atoms with Gasteiger partial charge in [-0.25, -0.2) is 0 Å². The van der Waals surface area contributed by atoms with Gasteiger partial charge in [-0.05, 0) is 37.5 Å². The Morgan fingerprint density at radius 2 is 1.86 bits per heavy atom. The second-order valence-electron chi connectivity index (χ2n) is 5.02. The van der Waals surface area contributed by atoms with Crippen LogP contribution in [0.15, 0.2) is 48.5 Å². The molecule has 0 heterocycles. The third kappa shape index (κ3) is 4.50. The first-order chi connectivity index (χ1) is 10.2. The minimum Gasteiger partial charge on any atom is -0.497 e. The van der Waals surface area contributed by atoms with Gasteiger partial charge in [0.15, 0.2) is 0 Å². The van der Waals surface area contributed by atoms with Gasteiger partial charge in [0.25, 0.3) is 0 Å². The first kappa shape index (κ1) is 15.4. The molecule has 3 nitrogen and oxygen atoms in total. The first-order valence-electron chi connectivity index (χ1n) is 7.23. The van der Waals surface area contributed by atoms with Crippen molar-refractivity contribution in [1.29, 1.82) is 0 Å². The van der Waals surface area contributed by atoms with Gasteiger partial charge in [0.05, 0.1) is 19.8 Å². The van der Waals surface area contributed by atoms with Crippen molar-refractivity contribution >= 4 is 0 Å². The van der Waals surface area contributed by atoms with E-state index in [1.807, 2.05) is 36.4 Å². The predicted molar refractivity (Wildman–Crippen MR) is 83.9 cm³/mol. The van der Waals surface area contributed by atoms with Crippen molar-refractivity contribution in [2.75, 3.05) is 13.7 Å². The zero-order valence-electron chi connectivity index (χ0n) is 12.6. The number of aliphatic hydroxyl groups excluding tert-OH is 1. The lowest BCUT2D eigenvalue weighted by molar-refractivity contribution is 0.190. The Balaban J connectivity index is 1.92. The molecule has 0 radical (unpaired) electrons. The summed E-state index contributed by atoms with van der Waals surface area (Å²) < 4.78 is 11.0. The zero-order valence-corrected chi connectivity index (χ0v) is 12.6. The summed E-state index contributed by atoms with van der Waals surface area (Å²) in [4.78, 5) is 0. The van der Waals surface area contributed by atoms with E-state index in [1.165, 1.54) is 5.56 Å². The molecule has 0 aliphatic heterocycles. The van der Waals surface area contributed by atoms with E-state index in [2.05, 4.69) is 12.1 Å². The monoisotopic (exact) mass is 286 g/mol. The van der Waals surface area contributed by atoms with Crippen LogP contribution in [-0.4, -0.2) is 18.8 Å². The highest BCUT2D eigenvalue weighted by Crippen LogP contribution is 2.29. The van der Waals surface area contributed by atoms with Gasteiger partial charge in [0.2, 0.25) is 0 Å². The van der Waals surface area contributed by atoms with Crippen LogP contribution in [0.3, 0.4) is 0 Å². The highest BCUT2D eigenvalue weighted by molar-refractivity contribution is 5.41. The quantitative estimate of drug-likeness (QED) is 0.788. The van der Waals surface area contributed by atoms with E-state index < -0.39 is 6.10 Å². The second kappa shape index (κ2) is 7.70. The molecule has 2 aromatic rings. The lowest BCUT2D eigenvalue weighted by atomic mass is 10.1. The van der Waals surface area contributed by atoms with E-state index >= 15 is 0 Å². The molecule has 1 N–H and O–H groups in total. The van der Waals surface area contributed by atoms with Crippen LogP contribution in [0.2, 0.25) is 0 Å². The molecule has 0 aliphatic rings. The number of rotatable bonds is 7. The molecule has 2 aromatic carbocycles. The number of aliphatic hydroxyl groups is 1. The Morgan fingerprint density at radius 3 is 2.52 bits per heavy atom. The van der Waals surface area contributed by atoms with Crippen molar-refractivity contribution in [2.24, 2.45) is 0 Å². The van der Waals surface area contributed by atoms with Crippen molar-refractivity contribution in [1.82, 2.24) is 0 Å². The third-order valence-corrected chi connectivity index (χ3v) is 3.38. The highest BCUT2D eigenvalue weighted by atomic mass is 16.5. The standard InChI is InChI=1S/C18H22O3/c1-14(19)17-11-10-16(20-2)13-18(17)21-12-6-9-15-7-4-3-5-8-15/h3-5,7-8,10-11,13-14,19H,6,9,12H2,1-2H3. The van der Waals surface area contributed by atoms with E-state index in [0.29, 0.717) is 12.4 Å². The molecule has 1 unspecified atom stereocenters. The van der Waals surface area contributed by atoms with Crippen LogP contribution in [0.1, 0.15) is 30.6 Å². The summed E-state index contributed by atoms with van der Waals surface area (Å²) in [6.45, 7) is 2.35. The largest absolute Gasteiger partial charge is 0.497 e. The molecular weight excluding hydrogens is 264 g/mol. The second-order valence-corrected chi connectivity index (χ2v) is 5.02. The van der Waals surface area contributed by atoms with Gasteiger partial charge >= 0.3 is 0 Å². The normalized spacial score (nSPS) is 12.0. The van der Waals surface area contributed by atoms with Crippen molar-refractivity contribution in [2.45, 2.75) is 25.9 Å². The summed E-state index contributed by atoms with van der Waals surface area (Å²) in [5, 5.41) is 9.78. The molecule has 0 bridgehead atoms. The lowest BCUT2D eigenvalue weighted by Crippen LogP contribution is -2.04. The number of benzene rings is 2. The zero-order chi connectivity index (χ0) is 15.1. The van der Waals surface area contributed by atoms with Crippen molar-refractivity contribution in [3.63, 3.8) is 0 Å². The SMILES string of the molecule is COc1ccc(C(C)O)c(OCCCc2ccccc2)c1. The summed E-state index contributed by atoms with van der Waals surface area (Å²) in [5.41, 5.74) is 2.10. The van der Waals surface area contributed by atoms with Gasteiger partial charge in [0.1, 0.15) is 11.5 Å². The molecule has 21 heavy (non-hydrogen) atoms. The average molecular weight is 286 g/mol. The van der Waals surface area contributed by atoms with Crippen molar-refractivity contribution in [3.05, 3.63) is 59.7 Å². The van der Waals surface area contributed by atoms with E-state index in [0.717, 1.165) is 24.2 Å². The third-order valence-electron chi connectivity index (χ3n) is 3.38. The summed E-state index contributed by atoms with van der Waals surface area (Å²) >= 11 is 0. The summed E-state index contributed by atoms with van der Waals surface area (Å²) in [6.07, 6.45) is 1.36. The highest BCUT2D eigenvalue weighted by Gasteiger charge is 2.10. The minimum absolute atomic E-state index is 0.556. The molecule has 3 heteroatoms. The average Bonchev–Trinajstić information content (AvgIpc) is 2.52. The van der Waals surface area contributed by atoms with Crippen LogP contribution in [-0.2, 0) is 6.42 Å². The van der Waals surface area contributed by atoms with Gasteiger partial charge in [-0.1, -0.05) is 30.3 Å². The fourth-order valence-electron chi connectivity index (χ4n) is 2.21. The molecule has 0 saturated carbocycles. The van der Waals surface area contributed by atoms with Crippen LogP contribution < -0.4 is 9.47 Å². The van der Waals surface area contributed by atoms with Crippen LogP contribution >= 0.6 is 0 Å². The molecule has 0 aromatic heterocycles. The molecule has 0 spiro atoms. The van der Waals surface area contributed by atoms with Gasteiger partial charge < -0.3 is 14.6 Å². The Labute approximate surface area is 126 Å². The topological polar surface area (TPSA) is 38.7 Å². The molecule has 0 fully saturated rings. The minimum atomic E-state index is -0.556. The van der Waals surface area contributed by atoms with Crippen LogP contribution in [0.25, 0.3) is 0 Å². The van der Waals surface area contributed by atoms with Crippen LogP contribution in [0.5, 0.6) is 11.5 Å². The molecule has 112 valence electrons. The maximum Gasteiger partial charge on any atom is 0.128 e. The predicted octanol–water partition coefficient (Wildman–Crippen LogP) is 3.76. The number of aryl methyl sites for hydroxylation is 1. The van der Waals surface area contributed by atoms with Gasteiger partial charge in [-0.2, -0.15) is 0 Å². The molecule has 0 saturated heterocycles. The fourth-order valence-corrected chi connectivity index (χ4v) is 2.21. The van der Waals surface area contributed by atoms with E-state index in [-0.39, 0.29) is 0 Å². The lowest BCUT2D eigenvalue weighted by Gasteiger charge is -2.14. The van der Waals surface area contributed by atoms with Crippen LogP contribution in [0, 0.1) is 0 Å². The van der Waals surface area contributed by atoms with Gasteiger partial charge in [-0.15, -0.1) is 0 Å². The fraction of sp³-hybridized carbons (Fsp3) is 0.333. The van der Waals surface area contributed by atoms with Gasteiger partial charge in [0, 0.05) is 11.6 Å². The number of methoxy groups -OCH3 is 1. The van der Waals surface area contributed by atoms with Crippen LogP contribution in [0.4, 0.5) is 0 Å². The van der Waals surface area contributed by atoms with E-state index in [9.17, 15) is 5.11 Å². The number of ether oxygens (including phenoxy) is 2. The smallest absolute Gasteiger partial charge is 0.128 e. The maximum atomic E-state index is 9.78. The maximum absolute atomic E-state index is 9.78. The molecule has 2 rings (SSSR count). The molecular formula is C18H22O3. The Kier molecular flexibility index (Phi) is 5.64. The van der Waals surface area contributed by atoms with E-state index in [4.69, 9.17) is 9.47 Å². The number of hydrogen-bond donors (Lipinski definition) is 1. The Bertz CT molecular complexity index is 550. The molecule has 0 amide bonds. The number of hydrogen-bond acceptors (Lipinski definition) is 3. The summed E-state index contributed by atoms with van der Waals surface area (Å²) in [7, 11) is 1.62. The van der Waals surface area contributed by atoms with E-state index in [1.54, 1.807) is 14.0 Å². The Morgan fingerprint density at radius 1 is 1.10 bits per heavy atom. The van der Waals surface area contributed by atoms with Crippen molar-refractivity contribution in [3.8, 4) is 11.5 Å². The Hall–Kier alpha value is -2.00. The summed E-state index contributed by atoms with van der Waals surface area (Å²) in [6, 6.07) is 15.8. The van der Waals surface area contributed by atoms with Gasteiger partial charge in [-0.3, -0.25) is 0 Å². The van der Waals surface area contributed by atoms with Crippen molar-refractivity contribution < 1.29 is 14.6 Å². The summed E-state index contributed by atoms with van der Waals surface area (Å²) in [5.74, 6) is 1.43. The molecule has 1 atom stereocenters.